The number of ether oxygens (including phenoxy) is 8. The number of hydrogen-bond acceptors (Lipinski definition) is 15. The number of aliphatic imine (C=N–C) groups is 2. The molecule has 3 amide bonds. The molecule has 0 saturated carbocycles. The molecule has 0 spiro atoms. The molecular weight excluding hydrogens is 937 g/mol. The van der Waals surface area contributed by atoms with E-state index in [1.165, 1.54) is 11.1 Å². The molecule has 4 aliphatic heterocycles. The molecular formula is C55H70N6O12. The summed E-state index contributed by atoms with van der Waals surface area (Å²) < 4.78 is 46.2. The number of methoxy groups -OCH3 is 3. The number of amides is 3. The fourth-order valence-electron chi connectivity index (χ4n) is 9.11. The van der Waals surface area contributed by atoms with E-state index in [1.54, 1.807) is 50.5 Å². The zero-order chi connectivity index (χ0) is 51.7. The highest BCUT2D eigenvalue weighted by Crippen LogP contribution is 2.41. The van der Waals surface area contributed by atoms with Gasteiger partial charge in [0.05, 0.1) is 101 Å². The number of aldehydes is 1. The second-order valence-corrected chi connectivity index (χ2v) is 18.2. The van der Waals surface area contributed by atoms with E-state index in [-0.39, 0.29) is 56.0 Å². The normalized spacial score (nSPS) is 17.8. The lowest BCUT2D eigenvalue weighted by Crippen LogP contribution is -2.38. The first-order valence-electron chi connectivity index (χ1n) is 25.0. The van der Waals surface area contributed by atoms with Crippen molar-refractivity contribution < 1.29 is 57.1 Å². The number of unbranched alkanes of at least 4 members (excludes halogenated alkanes) is 1. The Balaban J connectivity index is 1.08. The van der Waals surface area contributed by atoms with E-state index in [1.807, 2.05) is 61.3 Å². The Bertz CT molecular complexity index is 2410. The van der Waals surface area contributed by atoms with Crippen molar-refractivity contribution in [3.05, 3.63) is 88.0 Å². The molecule has 0 aromatic heterocycles. The zero-order valence-electron chi connectivity index (χ0n) is 43.1. The minimum atomic E-state index is -0.124. The van der Waals surface area contributed by atoms with Crippen LogP contribution in [0, 0.1) is 0 Å². The summed E-state index contributed by atoms with van der Waals surface area (Å²) in [7, 11) is 6.66. The molecule has 18 nitrogen and oxygen atoms in total. The Morgan fingerprint density at radius 2 is 1.16 bits per heavy atom. The van der Waals surface area contributed by atoms with E-state index in [2.05, 4.69) is 17.1 Å². The largest absolute Gasteiger partial charge is 0.493 e. The van der Waals surface area contributed by atoms with E-state index < -0.39 is 0 Å². The molecule has 2 saturated heterocycles. The van der Waals surface area contributed by atoms with Crippen LogP contribution in [0.1, 0.15) is 77.8 Å². The van der Waals surface area contributed by atoms with Crippen LogP contribution in [0.3, 0.4) is 0 Å². The number of carbonyl (C=O) groups is 4. The van der Waals surface area contributed by atoms with Crippen LogP contribution < -0.4 is 23.8 Å². The summed E-state index contributed by atoms with van der Waals surface area (Å²) >= 11 is 0. The molecule has 392 valence electrons. The molecule has 4 heterocycles. The Hall–Kier alpha value is -6.60. The maximum atomic E-state index is 13.8. The average Bonchev–Trinajstić information content (AvgIpc) is 3.98. The van der Waals surface area contributed by atoms with Gasteiger partial charge in [0, 0.05) is 83.6 Å². The molecule has 73 heavy (non-hydrogen) atoms. The topological polar surface area (TPSA) is 180 Å². The lowest BCUT2D eigenvalue weighted by molar-refractivity contribution is -0.132. The van der Waals surface area contributed by atoms with Gasteiger partial charge < -0.3 is 62.3 Å². The Morgan fingerprint density at radius 1 is 0.658 bits per heavy atom. The third-order valence-electron chi connectivity index (χ3n) is 13.3. The molecule has 3 aromatic rings. The van der Waals surface area contributed by atoms with Crippen LogP contribution in [0.25, 0.3) is 0 Å². The monoisotopic (exact) mass is 1010 g/mol. The Labute approximate surface area is 428 Å². The summed E-state index contributed by atoms with van der Waals surface area (Å²) in [6.45, 7) is 9.52. The maximum absolute atomic E-state index is 13.8. The van der Waals surface area contributed by atoms with Gasteiger partial charge >= 0.3 is 0 Å². The van der Waals surface area contributed by atoms with E-state index >= 15 is 0 Å². The lowest BCUT2D eigenvalue weighted by atomic mass is 10.1. The molecule has 2 atom stereocenters. The number of allylic oxidation sites excluding steroid dienone is 2. The molecule has 0 N–H and O–H groups in total. The number of likely N-dealkylation sites (N-methyl/N-ethyl adjacent to an activating group) is 1. The van der Waals surface area contributed by atoms with Gasteiger partial charge in [0.15, 0.2) is 23.0 Å². The summed E-state index contributed by atoms with van der Waals surface area (Å²) in [6.07, 6.45) is 11.2. The van der Waals surface area contributed by atoms with Gasteiger partial charge in [0.25, 0.3) is 11.8 Å². The van der Waals surface area contributed by atoms with Crippen molar-refractivity contribution in [1.82, 2.24) is 14.7 Å². The highest BCUT2D eigenvalue weighted by molar-refractivity contribution is 6.05. The van der Waals surface area contributed by atoms with E-state index in [4.69, 9.17) is 47.9 Å². The summed E-state index contributed by atoms with van der Waals surface area (Å²) in [6, 6.07) is 12.7. The molecule has 18 heteroatoms. The molecule has 2 fully saturated rings. The molecule has 0 bridgehead atoms. The molecule has 7 rings (SSSR count). The molecule has 1 unspecified atom stereocenters. The number of benzene rings is 3. The van der Waals surface area contributed by atoms with Crippen LogP contribution >= 0.6 is 0 Å². The van der Waals surface area contributed by atoms with Crippen molar-refractivity contribution in [3.8, 4) is 23.0 Å². The van der Waals surface area contributed by atoms with Gasteiger partial charge in [-0.05, 0) is 74.6 Å². The first-order valence-corrected chi connectivity index (χ1v) is 25.0. The van der Waals surface area contributed by atoms with Crippen LogP contribution in [0.15, 0.2) is 75.7 Å². The van der Waals surface area contributed by atoms with Crippen molar-refractivity contribution in [2.75, 3.05) is 112 Å². The first kappa shape index (κ1) is 54.2. The van der Waals surface area contributed by atoms with Gasteiger partial charge in [-0.2, -0.15) is 0 Å². The number of fused-ring (bicyclic) bond motifs is 4. The number of hydrogen-bond donors (Lipinski definition) is 0. The average molecular weight is 1010 g/mol. The predicted molar refractivity (Wildman–Crippen MR) is 278 cm³/mol. The van der Waals surface area contributed by atoms with E-state index in [0.29, 0.717) is 131 Å². The number of rotatable bonds is 28. The predicted octanol–water partition coefficient (Wildman–Crippen LogP) is 6.95. The van der Waals surface area contributed by atoms with Crippen molar-refractivity contribution in [1.29, 1.82) is 0 Å². The third kappa shape index (κ3) is 14.1. The molecule has 3 aromatic carbocycles. The first-order chi connectivity index (χ1) is 35.6. The number of nitrogens with zero attached hydrogens (tertiary/aromatic N) is 6. The summed E-state index contributed by atoms with van der Waals surface area (Å²) in [5, 5.41) is 0. The minimum Gasteiger partial charge on any atom is -0.493 e. The van der Waals surface area contributed by atoms with Crippen LogP contribution in [-0.4, -0.2) is 171 Å². The highest BCUT2D eigenvalue weighted by atomic mass is 16.6. The van der Waals surface area contributed by atoms with Gasteiger partial charge in [0.2, 0.25) is 5.91 Å². The second-order valence-electron chi connectivity index (χ2n) is 18.2. The smallest absolute Gasteiger partial charge is 0.257 e. The Morgan fingerprint density at radius 3 is 1.64 bits per heavy atom. The second kappa shape index (κ2) is 26.9. The van der Waals surface area contributed by atoms with Crippen molar-refractivity contribution >= 4 is 53.5 Å². The van der Waals surface area contributed by atoms with Crippen LogP contribution in [-0.2, 0) is 41.8 Å². The van der Waals surface area contributed by atoms with Crippen molar-refractivity contribution in [2.24, 2.45) is 9.98 Å². The van der Waals surface area contributed by atoms with Gasteiger partial charge in [-0.25, -0.2) is 0 Å². The molecule has 0 radical (unpaired) electrons. The number of carbonyl (C=O) groups excluding carboxylic acids is 4. The van der Waals surface area contributed by atoms with Gasteiger partial charge in [-0.3, -0.25) is 24.4 Å². The Kier molecular flexibility index (Phi) is 20.0. The third-order valence-corrected chi connectivity index (χ3v) is 13.3. The quantitative estimate of drug-likeness (QED) is 0.0415. The van der Waals surface area contributed by atoms with Crippen LogP contribution in [0.4, 0.5) is 17.1 Å². The maximum Gasteiger partial charge on any atom is 0.257 e. The minimum absolute atomic E-state index is 0.0737. The zero-order valence-corrected chi connectivity index (χ0v) is 43.1. The number of anilines is 1. The van der Waals surface area contributed by atoms with Crippen LogP contribution in [0.2, 0.25) is 0 Å². The van der Waals surface area contributed by atoms with Gasteiger partial charge in [-0.1, -0.05) is 23.3 Å². The summed E-state index contributed by atoms with van der Waals surface area (Å²) in [5.41, 5.74) is 6.75. The summed E-state index contributed by atoms with van der Waals surface area (Å²) in [4.78, 5) is 69.4. The van der Waals surface area contributed by atoms with Gasteiger partial charge in [-0.15, -0.1) is 0 Å². The van der Waals surface area contributed by atoms with Crippen molar-refractivity contribution in [3.63, 3.8) is 0 Å². The fraction of sp³-hybridized carbons (Fsp3) is 0.491. The van der Waals surface area contributed by atoms with Crippen molar-refractivity contribution in [2.45, 2.75) is 71.2 Å². The summed E-state index contributed by atoms with van der Waals surface area (Å²) in [5.74, 6) is 1.37. The SMILES string of the molecule is C/C=C1\CC2C=Nc3cc(OCc4cc(COc5cc6c(cc5OC)C(=O)N5C/C(=C/C)C[C@H]5C=N6)cc(N(C)CCN(CCCC=O)C(=O)CCOCCOCCOCCOC)c4)c(OC)cc3C(=O)N2C1. The lowest BCUT2D eigenvalue weighted by Gasteiger charge is -2.27. The van der Waals surface area contributed by atoms with E-state index in [9.17, 15) is 19.2 Å². The van der Waals surface area contributed by atoms with Gasteiger partial charge in [0.1, 0.15) is 19.5 Å². The van der Waals surface area contributed by atoms with E-state index in [0.717, 1.165) is 35.9 Å². The molecule has 0 aliphatic carbocycles. The fourth-order valence-corrected chi connectivity index (χ4v) is 9.11. The van der Waals surface area contributed by atoms with Crippen LogP contribution in [0.5, 0.6) is 23.0 Å². The standard InChI is InChI=1S/C55H70N6O12/c1-7-38-24-43-32-56-47-30-51(49(67-5)28-45(47)54(64)60(43)34-38)72-36-40-23-41(37-73-52-31-48-46(29-50(52)68-6)55(65)61-35-39(8-2)25-44(61)33-57-48)27-42(26-40)58(3)13-14-59(12-9-10-15-62)53(63)11-16-69-19-20-71-22-21-70-18-17-66-4/h7-8,15,23,26-33,43-44H,9-14,16-22,24-25,34-37H2,1-6H3/b38-7+,39-8+/t43-,44?/m0/s1. The highest BCUT2D eigenvalue weighted by Gasteiger charge is 2.36. The molecule has 4 aliphatic rings.